The molecule has 2 aromatic rings. The summed E-state index contributed by atoms with van der Waals surface area (Å²) < 4.78 is 101. The largest absolute Gasteiger partial charge is 0.490 e. The number of likely N-dealkylation sites (tertiary alicyclic amines) is 1. The van der Waals surface area contributed by atoms with E-state index >= 15 is 0 Å². The van der Waals surface area contributed by atoms with Gasteiger partial charge in [-0.25, -0.2) is 14.4 Å². The van der Waals surface area contributed by atoms with E-state index < -0.39 is 36.4 Å². The molecule has 11 nitrogen and oxygen atoms in total. The van der Waals surface area contributed by atoms with Crippen molar-refractivity contribution in [3.8, 4) is 0 Å². The summed E-state index contributed by atoms with van der Waals surface area (Å²) in [4.78, 5) is 40.3. The van der Waals surface area contributed by atoms with Crippen LogP contribution in [0.5, 0.6) is 0 Å². The molecular formula is C26H29F9N4O7. The SMILES string of the molecule is O=C(O)C(F)(F)F.O=C(O)C(F)(F)F.O=C(O)C(F)(F)F.c1ccc(CN2CCOC3(CCN(Cc4ccncc4)CC3)C2)nc1. The van der Waals surface area contributed by atoms with Crippen LogP contribution in [-0.2, 0) is 32.2 Å². The Labute approximate surface area is 255 Å². The van der Waals surface area contributed by atoms with E-state index in [1.807, 2.05) is 24.7 Å². The highest BCUT2D eigenvalue weighted by atomic mass is 19.4. The van der Waals surface area contributed by atoms with E-state index in [2.05, 4.69) is 44.0 Å². The van der Waals surface area contributed by atoms with Gasteiger partial charge in [0.2, 0.25) is 0 Å². The second kappa shape index (κ2) is 17.6. The molecule has 0 amide bonds. The number of nitrogens with zero attached hydrogens (tertiary/aromatic N) is 4. The number of carboxylic acids is 3. The van der Waals surface area contributed by atoms with E-state index in [1.54, 1.807) is 0 Å². The van der Waals surface area contributed by atoms with Gasteiger partial charge in [-0.3, -0.25) is 19.8 Å². The van der Waals surface area contributed by atoms with Gasteiger partial charge in [-0.1, -0.05) is 6.07 Å². The standard InChI is InChI=1S/C20H26N4O.3C2HF3O2/c1-2-8-22-19(3-1)16-24-13-14-25-20(17-24)6-11-23(12-7-20)15-18-4-9-21-10-5-18;3*3-2(4,5)1(6)7/h1-5,8-10H,6-7,11-17H2;3*(H,6,7). The topological polar surface area (TPSA) is 153 Å². The third-order valence-corrected chi connectivity index (χ3v) is 6.09. The molecule has 0 aromatic carbocycles. The lowest BCUT2D eigenvalue weighted by Gasteiger charge is -2.47. The Hall–Kier alpha value is -4.04. The van der Waals surface area contributed by atoms with Crippen molar-refractivity contribution >= 4 is 17.9 Å². The smallest absolute Gasteiger partial charge is 0.475 e. The fourth-order valence-electron chi connectivity index (χ4n) is 3.95. The molecule has 0 unspecified atom stereocenters. The summed E-state index contributed by atoms with van der Waals surface area (Å²) in [6.45, 7) is 6.98. The number of hydrogen-bond acceptors (Lipinski definition) is 8. The second-order valence-corrected chi connectivity index (χ2v) is 9.60. The first-order valence-electron chi connectivity index (χ1n) is 12.9. The van der Waals surface area contributed by atoms with Gasteiger partial charge in [-0.05, 0) is 42.7 Å². The van der Waals surface area contributed by atoms with Crippen LogP contribution in [0.4, 0.5) is 39.5 Å². The summed E-state index contributed by atoms with van der Waals surface area (Å²) in [5, 5.41) is 21.4. The molecule has 258 valence electrons. The third-order valence-electron chi connectivity index (χ3n) is 6.09. The number of morpholine rings is 1. The highest BCUT2D eigenvalue weighted by Crippen LogP contribution is 2.31. The normalized spacial score (nSPS) is 16.8. The summed E-state index contributed by atoms with van der Waals surface area (Å²) in [6.07, 6.45) is -7.40. The zero-order valence-electron chi connectivity index (χ0n) is 23.6. The molecule has 2 aliphatic heterocycles. The van der Waals surface area contributed by atoms with Gasteiger partial charge in [0.1, 0.15) is 0 Å². The molecule has 3 N–H and O–H groups in total. The zero-order chi connectivity index (χ0) is 35.2. The minimum absolute atomic E-state index is 0.0295. The number of carbonyl (C=O) groups is 3. The molecule has 2 saturated heterocycles. The van der Waals surface area contributed by atoms with Crippen molar-refractivity contribution in [3.63, 3.8) is 0 Å². The van der Waals surface area contributed by atoms with Gasteiger partial charge in [0.05, 0.1) is 17.9 Å². The molecule has 0 aliphatic carbocycles. The molecule has 4 heterocycles. The molecule has 20 heteroatoms. The first-order chi connectivity index (χ1) is 21.1. The minimum atomic E-state index is -5.08. The number of aromatic nitrogens is 2. The van der Waals surface area contributed by atoms with Gasteiger partial charge in [0, 0.05) is 57.9 Å². The van der Waals surface area contributed by atoms with Gasteiger partial charge in [-0.15, -0.1) is 0 Å². The van der Waals surface area contributed by atoms with Gasteiger partial charge >= 0.3 is 36.4 Å². The van der Waals surface area contributed by atoms with Gasteiger partial charge < -0.3 is 20.1 Å². The summed E-state index contributed by atoms with van der Waals surface area (Å²) >= 11 is 0. The number of halogens is 9. The van der Waals surface area contributed by atoms with Crippen molar-refractivity contribution in [3.05, 3.63) is 60.2 Å². The van der Waals surface area contributed by atoms with Crippen LogP contribution in [0.3, 0.4) is 0 Å². The average molecular weight is 681 g/mol. The third kappa shape index (κ3) is 15.8. The quantitative estimate of drug-likeness (QED) is 0.398. The fraction of sp³-hybridized carbons (Fsp3) is 0.500. The van der Waals surface area contributed by atoms with Crippen LogP contribution in [0.25, 0.3) is 0 Å². The molecule has 2 aromatic heterocycles. The van der Waals surface area contributed by atoms with Crippen LogP contribution < -0.4 is 0 Å². The highest BCUT2D eigenvalue weighted by Gasteiger charge is 2.40. The molecular weight excluding hydrogens is 651 g/mol. The van der Waals surface area contributed by atoms with E-state index in [9.17, 15) is 39.5 Å². The van der Waals surface area contributed by atoms with Crippen molar-refractivity contribution in [2.45, 2.75) is 50.1 Å². The number of rotatable bonds is 4. The Balaban J connectivity index is 0.000000413. The zero-order valence-corrected chi connectivity index (χ0v) is 23.6. The number of piperidine rings is 1. The monoisotopic (exact) mass is 680 g/mol. The van der Waals surface area contributed by atoms with Crippen LogP contribution in [0.2, 0.25) is 0 Å². The van der Waals surface area contributed by atoms with Crippen molar-refractivity contribution in [2.75, 3.05) is 32.8 Å². The van der Waals surface area contributed by atoms with Crippen LogP contribution in [0.1, 0.15) is 24.1 Å². The Morgan fingerprint density at radius 1 is 0.717 bits per heavy atom. The maximum Gasteiger partial charge on any atom is 0.490 e. The van der Waals surface area contributed by atoms with E-state index in [0.29, 0.717) is 0 Å². The Morgan fingerprint density at radius 3 is 1.61 bits per heavy atom. The van der Waals surface area contributed by atoms with E-state index in [4.69, 9.17) is 34.4 Å². The number of alkyl halides is 9. The van der Waals surface area contributed by atoms with Gasteiger partial charge in [0.25, 0.3) is 0 Å². The van der Waals surface area contributed by atoms with E-state index in [-0.39, 0.29) is 5.60 Å². The number of carboxylic acid groups (broad SMARTS) is 3. The summed E-state index contributed by atoms with van der Waals surface area (Å²) in [5.41, 5.74) is 2.52. The van der Waals surface area contributed by atoms with E-state index in [0.717, 1.165) is 64.4 Å². The lowest BCUT2D eigenvalue weighted by atomic mass is 9.89. The first kappa shape index (κ1) is 40.0. The van der Waals surface area contributed by atoms with Gasteiger partial charge in [-0.2, -0.15) is 39.5 Å². The lowest BCUT2D eigenvalue weighted by Crippen LogP contribution is -2.56. The Bertz CT molecular complexity index is 1170. The molecule has 2 aliphatic rings. The molecule has 0 radical (unpaired) electrons. The Morgan fingerprint density at radius 2 is 1.20 bits per heavy atom. The predicted octanol–water partition coefficient (Wildman–Crippen LogP) is 4.24. The van der Waals surface area contributed by atoms with Crippen molar-refractivity contribution in [1.29, 1.82) is 0 Å². The molecule has 2 fully saturated rings. The maximum absolute atomic E-state index is 10.6. The number of hydrogen-bond donors (Lipinski definition) is 3. The summed E-state index contributed by atoms with van der Waals surface area (Å²) in [7, 11) is 0. The Kier molecular flexibility index (Phi) is 15.3. The lowest BCUT2D eigenvalue weighted by molar-refractivity contribution is -0.193. The summed E-state index contributed by atoms with van der Waals surface area (Å²) in [5.74, 6) is -8.27. The van der Waals surface area contributed by atoms with Crippen LogP contribution in [-0.4, -0.2) is 110 Å². The number of pyridine rings is 2. The predicted molar refractivity (Wildman–Crippen MR) is 138 cm³/mol. The first-order valence-corrected chi connectivity index (χ1v) is 12.9. The molecule has 0 atom stereocenters. The fourth-order valence-corrected chi connectivity index (χ4v) is 3.95. The summed E-state index contributed by atoms with van der Waals surface area (Å²) in [6, 6.07) is 10.4. The second-order valence-electron chi connectivity index (χ2n) is 9.60. The van der Waals surface area contributed by atoms with E-state index in [1.165, 1.54) is 5.56 Å². The molecule has 0 bridgehead atoms. The number of aliphatic carboxylic acids is 3. The average Bonchev–Trinajstić information content (AvgIpc) is 2.95. The van der Waals surface area contributed by atoms with Crippen molar-refractivity contribution in [1.82, 2.24) is 19.8 Å². The minimum Gasteiger partial charge on any atom is -0.475 e. The van der Waals surface area contributed by atoms with Crippen molar-refractivity contribution in [2.24, 2.45) is 0 Å². The highest BCUT2D eigenvalue weighted by molar-refractivity contribution is 5.73. The number of ether oxygens (including phenoxy) is 1. The molecule has 0 saturated carbocycles. The molecule has 4 rings (SSSR count). The van der Waals surface area contributed by atoms with Crippen molar-refractivity contribution < 1.29 is 74.0 Å². The molecule has 46 heavy (non-hydrogen) atoms. The van der Waals surface area contributed by atoms with Gasteiger partial charge in [0.15, 0.2) is 0 Å². The molecule has 1 spiro atoms. The van der Waals surface area contributed by atoms with Crippen LogP contribution in [0, 0.1) is 0 Å². The van der Waals surface area contributed by atoms with Crippen LogP contribution >= 0.6 is 0 Å². The van der Waals surface area contributed by atoms with Crippen LogP contribution in [0.15, 0.2) is 48.9 Å². The maximum atomic E-state index is 10.6.